The molecule has 0 aliphatic rings. The van der Waals surface area contributed by atoms with E-state index in [1.54, 1.807) is 59.0 Å². The second-order valence-electron chi connectivity index (χ2n) is 7.78. The first-order valence-corrected chi connectivity index (χ1v) is 13.6. The number of carboxylic acids is 1. The molecule has 13 heteroatoms. The number of benzene rings is 2. The first kappa shape index (κ1) is 26.8. The lowest BCUT2D eigenvalue weighted by Gasteiger charge is -2.07. The smallest absolute Gasteiger partial charge is 0.303 e. The van der Waals surface area contributed by atoms with Crippen LogP contribution in [0.1, 0.15) is 45.3 Å². The topological polar surface area (TPSA) is 153 Å². The van der Waals surface area contributed by atoms with E-state index in [9.17, 15) is 24.0 Å². The molecule has 4 aromatic rings. The lowest BCUT2D eigenvalue weighted by atomic mass is 10.2. The molecule has 0 aliphatic carbocycles. The number of aromatic nitrogens is 2. The zero-order chi connectivity index (χ0) is 26.5. The predicted molar refractivity (Wildman–Crippen MR) is 147 cm³/mol. The van der Waals surface area contributed by atoms with Crippen molar-refractivity contribution in [1.29, 1.82) is 0 Å². The minimum absolute atomic E-state index is 0.0826. The number of ketones is 2. The highest BCUT2D eigenvalue weighted by Gasteiger charge is 2.16. The summed E-state index contributed by atoms with van der Waals surface area (Å²) in [4.78, 5) is 67.1. The van der Waals surface area contributed by atoms with Gasteiger partial charge in [0.2, 0.25) is 0 Å². The molecule has 0 spiro atoms. The minimum atomic E-state index is -1.05. The fourth-order valence-electron chi connectivity index (χ4n) is 3.23. The van der Waals surface area contributed by atoms with E-state index in [0.29, 0.717) is 32.2 Å². The molecule has 0 saturated heterocycles. The molecule has 0 bridgehead atoms. The number of hydrogen-bond acceptors (Lipinski definition) is 10. The van der Waals surface area contributed by atoms with Crippen LogP contribution in [0, 0.1) is 0 Å². The van der Waals surface area contributed by atoms with Crippen molar-refractivity contribution < 1.29 is 33.8 Å². The summed E-state index contributed by atoms with van der Waals surface area (Å²) in [6, 6.07) is 10.1. The van der Waals surface area contributed by atoms with Crippen molar-refractivity contribution in [3.8, 4) is 5.75 Å². The Bertz CT molecular complexity index is 1550. The van der Waals surface area contributed by atoms with Gasteiger partial charge in [0, 0.05) is 24.9 Å². The Morgan fingerprint density at radius 2 is 1.43 bits per heavy atom. The number of carbonyl (C=O) groups is 5. The van der Waals surface area contributed by atoms with E-state index in [4.69, 9.17) is 9.84 Å². The number of carbonyl (C=O) groups excluding carboxylic acids is 4. The Morgan fingerprint density at radius 3 is 2.05 bits per heavy atom. The van der Waals surface area contributed by atoms with Crippen molar-refractivity contribution in [2.75, 3.05) is 11.9 Å². The summed E-state index contributed by atoms with van der Waals surface area (Å²) in [6.07, 6.45) is -0.103. The SMILES string of the molecule is O=C(O)CCC(=O)c1nc2ccc(NC(=O)COc3ccc4nc(C(=O)CCC(=O)I)sc4c3)cc2s1. The molecule has 2 aromatic heterocycles. The maximum atomic E-state index is 12.4. The molecule has 0 atom stereocenters. The van der Waals surface area contributed by atoms with E-state index in [1.165, 1.54) is 11.3 Å². The Morgan fingerprint density at radius 1 is 0.838 bits per heavy atom. The van der Waals surface area contributed by atoms with E-state index in [2.05, 4.69) is 15.3 Å². The summed E-state index contributed by atoms with van der Waals surface area (Å²) < 4.78 is 6.93. The highest BCUT2D eigenvalue weighted by atomic mass is 127. The van der Waals surface area contributed by atoms with Gasteiger partial charge in [0.05, 0.1) is 26.9 Å². The van der Waals surface area contributed by atoms with Crippen LogP contribution in [0.15, 0.2) is 36.4 Å². The molecule has 2 aromatic carbocycles. The third-order valence-corrected chi connectivity index (χ3v) is 7.65. The number of aliphatic carboxylic acids is 1. The summed E-state index contributed by atoms with van der Waals surface area (Å²) in [5, 5.41) is 12.0. The van der Waals surface area contributed by atoms with Crippen LogP contribution in [0.2, 0.25) is 0 Å². The number of carboxylic acid groups (broad SMARTS) is 1. The zero-order valence-corrected chi connectivity index (χ0v) is 22.8. The zero-order valence-electron chi connectivity index (χ0n) is 19.0. The van der Waals surface area contributed by atoms with Crippen molar-refractivity contribution in [1.82, 2.24) is 9.97 Å². The fourth-order valence-corrected chi connectivity index (χ4v) is 5.43. The van der Waals surface area contributed by atoms with Gasteiger partial charge in [0.25, 0.3) is 5.91 Å². The molecule has 2 N–H and O–H groups in total. The van der Waals surface area contributed by atoms with E-state index in [1.807, 2.05) is 0 Å². The molecule has 1 amide bonds. The minimum Gasteiger partial charge on any atom is -0.484 e. The molecule has 0 saturated carbocycles. The summed E-state index contributed by atoms with van der Waals surface area (Å²) in [6.45, 7) is -0.256. The number of amides is 1. The van der Waals surface area contributed by atoms with Gasteiger partial charge in [0.1, 0.15) is 5.75 Å². The quantitative estimate of drug-likeness (QED) is 0.124. The predicted octanol–water partition coefficient (Wildman–Crippen LogP) is 4.90. The number of nitrogens with zero attached hydrogens (tertiary/aromatic N) is 2. The van der Waals surface area contributed by atoms with Crippen LogP contribution in [0.4, 0.5) is 5.69 Å². The van der Waals surface area contributed by atoms with E-state index >= 15 is 0 Å². The normalized spacial score (nSPS) is 10.9. The van der Waals surface area contributed by atoms with Crippen molar-refractivity contribution in [2.24, 2.45) is 0 Å². The molecule has 0 radical (unpaired) electrons. The largest absolute Gasteiger partial charge is 0.484 e. The second-order valence-corrected chi connectivity index (χ2v) is 11.0. The molecule has 0 aliphatic heterocycles. The molecule has 10 nitrogen and oxygen atoms in total. The van der Waals surface area contributed by atoms with Crippen molar-refractivity contribution in [3.05, 3.63) is 46.4 Å². The average Bonchev–Trinajstić information content (AvgIpc) is 3.48. The van der Waals surface area contributed by atoms with Gasteiger partial charge in [0.15, 0.2) is 32.0 Å². The summed E-state index contributed by atoms with van der Waals surface area (Å²) >= 11 is 4.00. The third kappa shape index (κ3) is 7.14. The van der Waals surface area contributed by atoms with Gasteiger partial charge in [-0.15, -0.1) is 22.7 Å². The number of hydrogen-bond donors (Lipinski definition) is 2. The van der Waals surface area contributed by atoms with E-state index in [0.717, 1.165) is 16.0 Å². The average molecular weight is 651 g/mol. The number of ether oxygens (including phenoxy) is 1. The van der Waals surface area contributed by atoms with Crippen LogP contribution in [-0.2, 0) is 14.4 Å². The molecule has 37 heavy (non-hydrogen) atoms. The number of nitrogens with one attached hydrogen (secondary N) is 1. The van der Waals surface area contributed by atoms with Gasteiger partial charge in [-0.1, -0.05) is 0 Å². The number of halogens is 1. The molecular weight excluding hydrogens is 633 g/mol. The number of rotatable bonds is 12. The van der Waals surface area contributed by atoms with Gasteiger partial charge in [-0.2, -0.15) is 0 Å². The summed E-state index contributed by atoms with van der Waals surface area (Å²) in [7, 11) is 0. The van der Waals surface area contributed by atoms with Crippen LogP contribution in [0.5, 0.6) is 5.75 Å². The molecule has 0 fully saturated rings. The lowest BCUT2D eigenvalue weighted by molar-refractivity contribution is -0.137. The van der Waals surface area contributed by atoms with Crippen molar-refractivity contribution in [2.45, 2.75) is 25.7 Å². The fraction of sp³-hybridized carbons (Fsp3) is 0.208. The summed E-state index contributed by atoms with van der Waals surface area (Å²) in [5.74, 6) is -1.54. The first-order valence-electron chi connectivity index (χ1n) is 10.9. The van der Waals surface area contributed by atoms with Crippen molar-refractivity contribution in [3.63, 3.8) is 0 Å². The second kappa shape index (κ2) is 11.8. The molecule has 4 rings (SSSR count). The lowest BCUT2D eigenvalue weighted by Crippen LogP contribution is -2.20. The monoisotopic (exact) mass is 651 g/mol. The highest BCUT2D eigenvalue weighted by molar-refractivity contribution is 14.1. The van der Waals surface area contributed by atoms with Gasteiger partial charge in [-0.05, 0) is 59.0 Å². The van der Waals surface area contributed by atoms with Gasteiger partial charge >= 0.3 is 5.97 Å². The number of thiazole rings is 2. The Hall–Kier alpha value is -3.30. The van der Waals surface area contributed by atoms with Gasteiger partial charge in [-0.25, -0.2) is 9.97 Å². The van der Waals surface area contributed by atoms with E-state index in [-0.39, 0.29) is 52.7 Å². The van der Waals surface area contributed by atoms with Crippen LogP contribution < -0.4 is 10.1 Å². The maximum absolute atomic E-state index is 12.4. The molecule has 0 unspecified atom stereocenters. The maximum Gasteiger partial charge on any atom is 0.303 e. The van der Waals surface area contributed by atoms with Gasteiger partial charge in [-0.3, -0.25) is 24.0 Å². The Balaban J connectivity index is 1.35. The van der Waals surface area contributed by atoms with Crippen LogP contribution in [-0.4, -0.2) is 48.9 Å². The number of anilines is 1. The van der Waals surface area contributed by atoms with Gasteiger partial charge < -0.3 is 15.2 Å². The number of fused-ring (bicyclic) bond motifs is 2. The molecule has 2 heterocycles. The van der Waals surface area contributed by atoms with E-state index < -0.39 is 11.9 Å². The summed E-state index contributed by atoms with van der Waals surface area (Å²) in [5.41, 5.74) is 1.71. The molecular formula is C24H18IN3O7S2. The molecule has 190 valence electrons. The third-order valence-electron chi connectivity index (χ3n) is 4.99. The van der Waals surface area contributed by atoms with Crippen LogP contribution in [0.3, 0.4) is 0 Å². The standard InChI is InChI=1S/C24H18IN3O7S2/c25-20(31)7-5-16(29)23-28-15-4-2-13(10-19(15)37-23)35-11-21(32)26-12-1-3-14-18(9-12)36-24(27-14)17(30)6-8-22(33)34/h1-4,9-10H,5-8,11H2,(H,26,32)(H,33,34). The number of Topliss-reactive ketones (excluding diaryl/α,β-unsaturated/α-hetero) is 2. The Kier molecular flexibility index (Phi) is 8.56. The first-order chi connectivity index (χ1) is 17.7. The highest BCUT2D eigenvalue weighted by Crippen LogP contribution is 2.28. The van der Waals surface area contributed by atoms with Crippen LogP contribution in [0.25, 0.3) is 20.4 Å². The van der Waals surface area contributed by atoms with Crippen molar-refractivity contribution >= 4 is 98.6 Å². The van der Waals surface area contributed by atoms with Crippen LogP contribution >= 0.6 is 45.3 Å². The Labute approximate surface area is 231 Å².